The third-order valence-electron chi connectivity index (χ3n) is 5.82. The average Bonchev–Trinajstić information content (AvgIpc) is 3.17. The molecule has 2 aliphatic rings. The van der Waals surface area contributed by atoms with Gasteiger partial charge in [0.1, 0.15) is 5.25 Å². The lowest BCUT2D eigenvalue weighted by atomic mass is 9.95. The second kappa shape index (κ2) is 9.87. The molecule has 0 bridgehead atoms. The topological polar surface area (TPSA) is 86.8 Å². The molecule has 2 fully saturated rings. The zero-order valence-electron chi connectivity index (χ0n) is 16.9. The Hall–Kier alpha value is -1.15. The van der Waals surface area contributed by atoms with Crippen LogP contribution in [0.25, 0.3) is 0 Å². The van der Waals surface area contributed by atoms with E-state index in [1.54, 1.807) is 18.7 Å². The number of piperidine rings is 1. The summed E-state index contributed by atoms with van der Waals surface area (Å²) in [4.78, 5) is 28.9. The van der Waals surface area contributed by atoms with Crippen LogP contribution >= 0.6 is 0 Å². The van der Waals surface area contributed by atoms with E-state index in [0.717, 1.165) is 13.0 Å². The molecule has 2 saturated heterocycles. The fourth-order valence-corrected chi connectivity index (χ4v) is 5.08. The first-order valence-corrected chi connectivity index (χ1v) is 11.9. The van der Waals surface area contributed by atoms with Crippen LogP contribution in [0, 0.1) is 5.92 Å². The Kier molecular flexibility index (Phi) is 8.09. The van der Waals surface area contributed by atoms with Gasteiger partial charge in [-0.05, 0) is 72.5 Å². The summed E-state index contributed by atoms with van der Waals surface area (Å²) < 4.78 is 24.4. The van der Waals surface area contributed by atoms with Gasteiger partial charge in [-0.1, -0.05) is 0 Å². The molecule has 0 saturated carbocycles. The molecule has 0 aliphatic carbocycles. The lowest BCUT2D eigenvalue weighted by Crippen LogP contribution is -2.48. The van der Waals surface area contributed by atoms with Gasteiger partial charge in [-0.15, -0.1) is 0 Å². The molecule has 2 amide bonds. The summed E-state index contributed by atoms with van der Waals surface area (Å²) in [6.45, 7) is 9.63. The first-order chi connectivity index (χ1) is 12.7. The quantitative estimate of drug-likeness (QED) is 0.614. The Morgan fingerprint density at radius 2 is 1.63 bits per heavy atom. The van der Waals surface area contributed by atoms with Gasteiger partial charge in [-0.2, -0.15) is 0 Å². The largest absolute Gasteiger partial charge is 0.356 e. The fraction of sp³-hybridized carbons (Fsp3) is 0.895. The van der Waals surface area contributed by atoms with E-state index in [2.05, 4.69) is 10.2 Å². The second-order valence-corrected chi connectivity index (χ2v) is 10.9. The highest BCUT2D eigenvalue weighted by Crippen LogP contribution is 2.20. The summed E-state index contributed by atoms with van der Waals surface area (Å²) in [5.41, 5.74) is 0. The van der Waals surface area contributed by atoms with Crippen LogP contribution in [0.2, 0.25) is 0 Å². The lowest BCUT2D eigenvalue weighted by molar-refractivity contribution is -0.135. The fourth-order valence-electron chi connectivity index (χ4n) is 3.83. The van der Waals surface area contributed by atoms with E-state index in [-0.39, 0.29) is 17.7 Å². The molecule has 2 rings (SSSR count). The van der Waals surface area contributed by atoms with Crippen LogP contribution in [0.5, 0.6) is 0 Å². The van der Waals surface area contributed by atoms with Gasteiger partial charge >= 0.3 is 0 Å². The van der Waals surface area contributed by atoms with Crippen LogP contribution in [0.4, 0.5) is 0 Å². The Labute approximate surface area is 163 Å². The van der Waals surface area contributed by atoms with Crippen molar-refractivity contribution in [3.8, 4) is 0 Å². The average molecular weight is 402 g/mol. The number of hydrogen-bond donors (Lipinski definition) is 1. The Morgan fingerprint density at radius 3 is 2.19 bits per heavy atom. The van der Waals surface area contributed by atoms with Crippen LogP contribution in [0.1, 0.15) is 52.9 Å². The van der Waals surface area contributed by atoms with Gasteiger partial charge in [-0.25, -0.2) is 8.42 Å². The number of hydrogen-bond acceptors (Lipinski definition) is 5. The predicted octanol–water partition coefficient (Wildman–Crippen LogP) is 1.04. The molecular weight excluding hydrogens is 366 g/mol. The lowest BCUT2D eigenvalue weighted by Gasteiger charge is -2.33. The van der Waals surface area contributed by atoms with Gasteiger partial charge in [0, 0.05) is 25.6 Å². The van der Waals surface area contributed by atoms with Crippen LogP contribution in [0.15, 0.2) is 0 Å². The highest BCUT2D eigenvalue weighted by molar-refractivity contribution is 7.93. The summed E-state index contributed by atoms with van der Waals surface area (Å²) in [6, 6.07) is 0. The number of sulfone groups is 1. The summed E-state index contributed by atoms with van der Waals surface area (Å²) >= 11 is 0. The molecule has 0 unspecified atom stereocenters. The number of rotatable bonds is 8. The third kappa shape index (κ3) is 5.91. The van der Waals surface area contributed by atoms with Gasteiger partial charge in [0.25, 0.3) is 0 Å². The van der Waals surface area contributed by atoms with Crippen molar-refractivity contribution in [1.29, 1.82) is 0 Å². The normalized spacial score (nSPS) is 20.8. The van der Waals surface area contributed by atoms with Crippen molar-refractivity contribution in [3.63, 3.8) is 0 Å². The smallest absolute Gasteiger partial charge is 0.240 e. The van der Waals surface area contributed by atoms with Crippen molar-refractivity contribution in [2.75, 3.05) is 39.3 Å². The van der Waals surface area contributed by atoms with Crippen molar-refractivity contribution in [2.45, 2.75) is 63.4 Å². The maximum atomic E-state index is 12.5. The van der Waals surface area contributed by atoms with Gasteiger partial charge in [0.2, 0.25) is 11.8 Å². The standard InChI is InChI=1S/C19H35N3O4S/c1-15(2)27(25,26)16(3)19(24)22-13-7-17(8-14-22)18(23)20-9-6-12-21-10-4-5-11-21/h15-17H,4-14H2,1-3H3,(H,20,23)/t16-/m1/s1. The van der Waals surface area contributed by atoms with E-state index in [1.807, 2.05) is 0 Å². The third-order valence-corrected chi connectivity index (χ3v) is 8.33. The van der Waals surface area contributed by atoms with Crippen LogP contribution in [-0.4, -0.2) is 79.8 Å². The highest BCUT2D eigenvalue weighted by atomic mass is 32.2. The first-order valence-electron chi connectivity index (χ1n) is 10.2. The van der Waals surface area contributed by atoms with Crippen molar-refractivity contribution >= 4 is 21.7 Å². The molecule has 27 heavy (non-hydrogen) atoms. The molecule has 1 N–H and O–H groups in total. The van der Waals surface area contributed by atoms with Crippen molar-refractivity contribution in [2.24, 2.45) is 5.92 Å². The van der Waals surface area contributed by atoms with Gasteiger partial charge in [-0.3, -0.25) is 9.59 Å². The molecule has 7 nitrogen and oxygen atoms in total. The maximum absolute atomic E-state index is 12.5. The zero-order valence-corrected chi connectivity index (χ0v) is 17.8. The minimum absolute atomic E-state index is 0.0615. The molecule has 8 heteroatoms. The molecule has 1 atom stereocenters. The van der Waals surface area contributed by atoms with Crippen molar-refractivity contribution in [1.82, 2.24) is 15.1 Å². The number of amides is 2. The molecule has 2 aliphatic heterocycles. The van der Waals surface area contributed by atoms with Crippen molar-refractivity contribution in [3.05, 3.63) is 0 Å². The molecule has 156 valence electrons. The number of nitrogens with zero attached hydrogens (tertiary/aromatic N) is 2. The first kappa shape index (κ1) is 22.1. The minimum atomic E-state index is -3.45. The number of likely N-dealkylation sites (tertiary alicyclic amines) is 2. The molecule has 0 aromatic carbocycles. The zero-order chi connectivity index (χ0) is 20.0. The number of carbonyl (C=O) groups is 2. The SMILES string of the molecule is CC(C)S(=O)(=O)[C@H](C)C(=O)N1CCC(C(=O)NCCCN2CCCC2)CC1. The summed E-state index contributed by atoms with van der Waals surface area (Å²) in [7, 11) is -3.45. The van der Waals surface area contributed by atoms with Gasteiger partial charge < -0.3 is 15.1 Å². The summed E-state index contributed by atoms with van der Waals surface area (Å²) in [6.07, 6.45) is 4.71. The monoisotopic (exact) mass is 401 g/mol. The minimum Gasteiger partial charge on any atom is -0.356 e. The predicted molar refractivity (Wildman–Crippen MR) is 106 cm³/mol. The summed E-state index contributed by atoms with van der Waals surface area (Å²) in [5, 5.41) is 1.43. The van der Waals surface area contributed by atoms with E-state index in [0.29, 0.717) is 32.5 Å². The van der Waals surface area contributed by atoms with E-state index in [1.165, 1.54) is 32.9 Å². The Balaban J connectivity index is 1.70. The van der Waals surface area contributed by atoms with Gasteiger partial charge in [0.05, 0.1) is 5.25 Å². The molecule has 2 heterocycles. The Morgan fingerprint density at radius 1 is 1.04 bits per heavy atom. The summed E-state index contributed by atoms with van der Waals surface area (Å²) in [5.74, 6) is -0.364. The van der Waals surface area contributed by atoms with Crippen LogP contribution < -0.4 is 5.32 Å². The van der Waals surface area contributed by atoms with Crippen LogP contribution in [-0.2, 0) is 19.4 Å². The Bertz CT molecular complexity index is 606. The van der Waals surface area contributed by atoms with E-state index in [9.17, 15) is 18.0 Å². The van der Waals surface area contributed by atoms with E-state index >= 15 is 0 Å². The molecule has 0 spiro atoms. The van der Waals surface area contributed by atoms with E-state index in [4.69, 9.17) is 0 Å². The molecule has 0 aromatic heterocycles. The van der Waals surface area contributed by atoms with Crippen LogP contribution in [0.3, 0.4) is 0 Å². The maximum Gasteiger partial charge on any atom is 0.240 e. The number of nitrogens with one attached hydrogen (secondary N) is 1. The highest BCUT2D eigenvalue weighted by Gasteiger charge is 2.36. The molecule has 0 aromatic rings. The second-order valence-electron chi connectivity index (χ2n) is 8.07. The van der Waals surface area contributed by atoms with Gasteiger partial charge in [0.15, 0.2) is 9.84 Å². The number of carbonyl (C=O) groups excluding carboxylic acids is 2. The van der Waals surface area contributed by atoms with Crippen molar-refractivity contribution < 1.29 is 18.0 Å². The molecule has 0 radical (unpaired) electrons. The molecular formula is C19H35N3O4S. The van der Waals surface area contributed by atoms with E-state index < -0.39 is 20.3 Å².